The Morgan fingerprint density at radius 3 is 2.22 bits per heavy atom. The van der Waals surface area contributed by atoms with Crippen LogP contribution >= 0.6 is 0 Å². The van der Waals surface area contributed by atoms with Crippen LogP contribution in [-0.2, 0) is 27.4 Å². The lowest BCUT2D eigenvalue weighted by Crippen LogP contribution is -2.45. The van der Waals surface area contributed by atoms with Gasteiger partial charge in [0.15, 0.2) is 0 Å². The number of hydrogen-bond donors (Lipinski definition) is 1. The Hall–Kier alpha value is -3.22. The first kappa shape index (κ1) is 20.1. The Labute approximate surface area is 157 Å². The summed E-state index contributed by atoms with van der Waals surface area (Å²) in [6.07, 6.45) is 0.180. The lowest BCUT2D eigenvalue weighted by atomic mass is 10.0. The fourth-order valence-electron chi connectivity index (χ4n) is 2.46. The van der Waals surface area contributed by atoms with E-state index in [0.29, 0.717) is 5.56 Å². The number of nitro groups is 1. The highest BCUT2D eigenvalue weighted by Crippen LogP contribution is 2.13. The molecule has 1 N–H and O–H groups in total. The van der Waals surface area contributed by atoms with Gasteiger partial charge in [-0.2, -0.15) is 0 Å². The molecular weight excluding hydrogens is 348 g/mol. The van der Waals surface area contributed by atoms with Gasteiger partial charge in [-0.05, 0) is 29.2 Å². The maximum Gasteiger partial charge on any atom is 0.329 e. The topological polar surface area (TPSA) is 98.5 Å². The number of hydrogen-bond acceptors (Lipinski definition) is 5. The minimum Gasteiger partial charge on any atom is -0.459 e. The molecular formula is C20H22N2O5. The Balaban J connectivity index is 1.92. The number of nitrogens with zero attached hydrogens (tertiary/aromatic N) is 1. The van der Waals surface area contributed by atoms with Gasteiger partial charge in [-0.3, -0.25) is 14.9 Å². The number of carbonyl (C=O) groups excluding carboxylic acids is 2. The molecule has 1 atom stereocenters. The van der Waals surface area contributed by atoms with Crippen LogP contribution in [0.2, 0.25) is 0 Å². The Morgan fingerprint density at radius 1 is 1.04 bits per heavy atom. The molecule has 27 heavy (non-hydrogen) atoms. The molecule has 0 fully saturated rings. The largest absolute Gasteiger partial charge is 0.459 e. The van der Waals surface area contributed by atoms with Crippen LogP contribution in [0, 0.1) is 16.0 Å². The molecule has 0 aromatic heterocycles. The fraction of sp³-hybridized carbons (Fsp3) is 0.300. The highest BCUT2D eigenvalue weighted by molar-refractivity contribution is 5.85. The summed E-state index contributed by atoms with van der Waals surface area (Å²) in [5, 5.41) is 13.4. The molecule has 0 aliphatic heterocycles. The molecule has 0 aliphatic rings. The van der Waals surface area contributed by atoms with Crippen LogP contribution in [0.15, 0.2) is 54.6 Å². The minimum atomic E-state index is -0.765. The number of ether oxygens (including phenoxy) is 1. The van der Waals surface area contributed by atoms with Crippen LogP contribution in [0.3, 0.4) is 0 Å². The van der Waals surface area contributed by atoms with Crippen molar-refractivity contribution in [3.8, 4) is 0 Å². The maximum atomic E-state index is 12.4. The van der Waals surface area contributed by atoms with Crippen molar-refractivity contribution < 1.29 is 19.2 Å². The number of benzene rings is 2. The van der Waals surface area contributed by atoms with E-state index in [-0.39, 0.29) is 30.5 Å². The number of carbonyl (C=O) groups is 2. The van der Waals surface area contributed by atoms with E-state index in [2.05, 4.69) is 5.32 Å². The van der Waals surface area contributed by atoms with Crippen molar-refractivity contribution in [1.29, 1.82) is 0 Å². The van der Waals surface area contributed by atoms with Gasteiger partial charge in [0.1, 0.15) is 12.6 Å². The number of amides is 1. The van der Waals surface area contributed by atoms with Crippen LogP contribution in [0.25, 0.3) is 0 Å². The van der Waals surface area contributed by atoms with Crippen LogP contribution < -0.4 is 5.32 Å². The minimum absolute atomic E-state index is 0.0192. The Morgan fingerprint density at radius 2 is 1.67 bits per heavy atom. The molecule has 142 valence electrons. The van der Waals surface area contributed by atoms with E-state index in [1.807, 2.05) is 44.2 Å². The lowest BCUT2D eigenvalue weighted by molar-refractivity contribution is -0.384. The molecule has 0 bridgehead atoms. The van der Waals surface area contributed by atoms with Gasteiger partial charge in [0.05, 0.1) is 11.3 Å². The summed E-state index contributed by atoms with van der Waals surface area (Å²) in [6.45, 7) is 3.62. The predicted molar refractivity (Wildman–Crippen MR) is 99.8 cm³/mol. The molecule has 1 amide bonds. The van der Waals surface area contributed by atoms with Gasteiger partial charge in [0.25, 0.3) is 5.69 Å². The van der Waals surface area contributed by atoms with Crippen molar-refractivity contribution >= 4 is 17.6 Å². The summed E-state index contributed by atoms with van der Waals surface area (Å²) >= 11 is 0. The molecule has 0 saturated heterocycles. The third-order valence-electron chi connectivity index (χ3n) is 3.97. The molecule has 0 unspecified atom stereocenters. The summed E-state index contributed by atoms with van der Waals surface area (Å²) in [4.78, 5) is 34.8. The normalized spacial score (nSPS) is 11.7. The van der Waals surface area contributed by atoms with E-state index >= 15 is 0 Å². The first-order chi connectivity index (χ1) is 12.9. The van der Waals surface area contributed by atoms with Gasteiger partial charge in [0.2, 0.25) is 5.91 Å². The Kier molecular flexibility index (Phi) is 7.05. The van der Waals surface area contributed by atoms with E-state index in [1.54, 1.807) is 0 Å². The number of rotatable bonds is 8. The van der Waals surface area contributed by atoms with Gasteiger partial charge in [-0.1, -0.05) is 44.2 Å². The fourth-order valence-corrected chi connectivity index (χ4v) is 2.46. The zero-order chi connectivity index (χ0) is 19.8. The standard InChI is InChI=1S/C20H22N2O5/c1-14(2)19(21-18(23)12-15-6-4-3-5-7-15)20(24)27-13-16-8-10-17(11-9-16)22(25)26/h3-11,14,19H,12-13H2,1-2H3,(H,21,23)/t19-/m0/s1. The second-order valence-electron chi connectivity index (χ2n) is 6.48. The molecule has 2 rings (SSSR count). The number of esters is 1. The quantitative estimate of drug-likeness (QED) is 0.437. The van der Waals surface area contributed by atoms with Gasteiger partial charge < -0.3 is 10.1 Å². The van der Waals surface area contributed by atoms with Crippen molar-refractivity contribution in [3.05, 3.63) is 75.8 Å². The monoisotopic (exact) mass is 370 g/mol. The lowest BCUT2D eigenvalue weighted by Gasteiger charge is -2.21. The van der Waals surface area contributed by atoms with Crippen LogP contribution in [0.4, 0.5) is 5.69 Å². The summed E-state index contributed by atoms with van der Waals surface area (Å²) in [5.41, 5.74) is 1.46. The van der Waals surface area contributed by atoms with Crippen LogP contribution in [0.5, 0.6) is 0 Å². The predicted octanol–water partition coefficient (Wildman–Crippen LogP) is 3.02. The third kappa shape index (κ3) is 6.22. The molecule has 0 spiro atoms. The molecule has 2 aromatic rings. The van der Waals surface area contributed by atoms with E-state index in [9.17, 15) is 19.7 Å². The zero-order valence-corrected chi connectivity index (χ0v) is 15.3. The first-order valence-corrected chi connectivity index (χ1v) is 8.60. The molecule has 2 aromatic carbocycles. The average Bonchev–Trinajstić information content (AvgIpc) is 2.65. The summed E-state index contributed by atoms with van der Waals surface area (Å²) in [7, 11) is 0. The van der Waals surface area contributed by atoms with Crippen molar-refractivity contribution in [2.75, 3.05) is 0 Å². The van der Waals surface area contributed by atoms with Gasteiger partial charge in [0, 0.05) is 12.1 Å². The van der Waals surface area contributed by atoms with E-state index in [4.69, 9.17) is 4.74 Å². The summed E-state index contributed by atoms with van der Waals surface area (Å²) < 4.78 is 5.28. The maximum absolute atomic E-state index is 12.4. The molecule has 0 aliphatic carbocycles. The third-order valence-corrected chi connectivity index (χ3v) is 3.97. The molecule has 0 saturated carbocycles. The summed E-state index contributed by atoms with van der Waals surface area (Å²) in [6, 6.07) is 14.3. The Bertz CT molecular complexity index is 788. The molecule has 0 radical (unpaired) electrons. The van der Waals surface area contributed by atoms with Gasteiger partial charge >= 0.3 is 5.97 Å². The summed E-state index contributed by atoms with van der Waals surface area (Å²) in [5.74, 6) is -0.939. The van der Waals surface area contributed by atoms with Crippen molar-refractivity contribution in [2.24, 2.45) is 5.92 Å². The van der Waals surface area contributed by atoms with Crippen molar-refractivity contribution in [3.63, 3.8) is 0 Å². The highest BCUT2D eigenvalue weighted by atomic mass is 16.6. The highest BCUT2D eigenvalue weighted by Gasteiger charge is 2.25. The SMILES string of the molecule is CC(C)[C@H](NC(=O)Cc1ccccc1)C(=O)OCc1ccc([N+](=O)[O-])cc1. The molecule has 7 heteroatoms. The second kappa shape index (κ2) is 9.47. The van der Waals surface area contributed by atoms with Gasteiger partial charge in [-0.15, -0.1) is 0 Å². The second-order valence-corrected chi connectivity index (χ2v) is 6.48. The number of nitrogens with one attached hydrogen (secondary N) is 1. The number of non-ortho nitro benzene ring substituents is 1. The van der Waals surface area contributed by atoms with Gasteiger partial charge in [-0.25, -0.2) is 4.79 Å². The van der Waals surface area contributed by atoms with Crippen molar-refractivity contribution in [2.45, 2.75) is 32.9 Å². The smallest absolute Gasteiger partial charge is 0.329 e. The first-order valence-electron chi connectivity index (χ1n) is 8.60. The molecule has 7 nitrogen and oxygen atoms in total. The zero-order valence-electron chi connectivity index (χ0n) is 15.3. The van der Waals surface area contributed by atoms with E-state index in [1.165, 1.54) is 24.3 Å². The number of nitro benzene ring substituents is 1. The molecule has 0 heterocycles. The van der Waals surface area contributed by atoms with Crippen LogP contribution in [0.1, 0.15) is 25.0 Å². The van der Waals surface area contributed by atoms with E-state index in [0.717, 1.165) is 5.56 Å². The van der Waals surface area contributed by atoms with Crippen LogP contribution in [-0.4, -0.2) is 22.8 Å². The van der Waals surface area contributed by atoms with Crippen molar-refractivity contribution in [1.82, 2.24) is 5.32 Å². The van der Waals surface area contributed by atoms with E-state index < -0.39 is 16.9 Å². The average molecular weight is 370 g/mol.